The zero-order valence-corrected chi connectivity index (χ0v) is 9.55. The zero-order chi connectivity index (χ0) is 8.43. The molecule has 0 fully saturated rings. The lowest BCUT2D eigenvalue weighted by Gasteiger charge is -1.94. The molecule has 0 aliphatic rings. The van der Waals surface area contributed by atoms with Crippen molar-refractivity contribution in [2.24, 2.45) is 0 Å². The van der Waals surface area contributed by atoms with Gasteiger partial charge in [-0.25, -0.2) is 4.79 Å². The topological polar surface area (TPSA) is 26.3 Å². The second kappa shape index (κ2) is 3.69. The SMILES string of the molecule is COC(=O)c1csc(Br)c1Br. The molecule has 0 N–H and O–H groups in total. The van der Waals surface area contributed by atoms with Gasteiger partial charge in [0.1, 0.15) is 0 Å². The van der Waals surface area contributed by atoms with Crippen molar-refractivity contribution in [3.63, 3.8) is 0 Å². The van der Waals surface area contributed by atoms with Crippen LogP contribution in [-0.4, -0.2) is 13.1 Å². The van der Waals surface area contributed by atoms with Gasteiger partial charge in [-0.2, -0.15) is 0 Å². The lowest BCUT2D eigenvalue weighted by Crippen LogP contribution is -1.99. The number of hydrogen-bond acceptors (Lipinski definition) is 3. The molecule has 0 aliphatic heterocycles. The summed E-state index contributed by atoms with van der Waals surface area (Å²) in [5.74, 6) is -0.321. The number of thiophene rings is 1. The van der Waals surface area contributed by atoms with Crippen LogP contribution in [0.3, 0.4) is 0 Å². The highest BCUT2D eigenvalue weighted by Gasteiger charge is 2.13. The molecule has 0 bridgehead atoms. The maximum absolute atomic E-state index is 11.0. The van der Waals surface area contributed by atoms with E-state index in [1.54, 1.807) is 5.38 Å². The van der Waals surface area contributed by atoms with Crippen molar-refractivity contribution in [2.75, 3.05) is 7.11 Å². The molecule has 0 atom stereocenters. The van der Waals surface area contributed by atoms with Crippen molar-refractivity contribution in [2.45, 2.75) is 0 Å². The summed E-state index contributed by atoms with van der Waals surface area (Å²) in [5.41, 5.74) is 0.560. The summed E-state index contributed by atoms with van der Waals surface area (Å²) in [6.07, 6.45) is 0. The van der Waals surface area contributed by atoms with Crippen LogP contribution in [0.1, 0.15) is 10.4 Å². The Morgan fingerprint density at radius 3 is 2.64 bits per heavy atom. The van der Waals surface area contributed by atoms with E-state index in [2.05, 4.69) is 36.6 Å². The van der Waals surface area contributed by atoms with E-state index in [1.807, 2.05) is 0 Å². The number of rotatable bonds is 1. The molecular weight excluding hydrogens is 296 g/mol. The minimum absolute atomic E-state index is 0.321. The number of esters is 1. The lowest BCUT2D eigenvalue weighted by molar-refractivity contribution is 0.0600. The van der Waals surface area contributed by atoms with Crippen LogP contribution in [0.15, 0.2) is 13.6 Å². The fraction of sp³-hybridized carbons (Fsp3) is 0.167. The predicted octanol–water partition coefficient (Wildman–Crippen LogP) is 3.06. The third-order valence-corrected chi connectivity index (χ3v) is 4.43. The number of halogens is 2. The Kier molecular flexibility index (Phi) is 3.09. The van der Waals surface area contributed by atoms with Crippen LogP contribution in [0.25, 0.3) is 0 Å². The fourth-order valence-electron chi connectivity index (χ4n) is 0.568. The number of hydrogen-bond donors (Lipinski definition) is 0. The Labute approximate surface area is 84.8 Å². The Hall–Kier alpha value is 0.130. The minimum Gasteiger partial charge on any atom is -0.465 e. The fourth-order valence-corrected chi connectivity index (χ4v) is 2.42. The molecule has 0 unspecified atom stereocenters. The van der Waals surface area contributed by atoms with Gasteiger partial charge in [0, 0.05) is 5.38 Å². The van der Waals surface area contributed by atoms with Gasteiger partial charge in [0.25, 0.3) is 0 Å². The van der Waals surface area contributed by atoms with E-state index in [1.165, 1.54) is 18.4 Å². The van der Waals surface area contributed by atoms with Crippen LogP contribution >= 0.6 is 43.2 Å². The van der Waals surface area contributed by atoms with Gasteiger partial charge >= 0.3 is 5.97 Å². The first kappa shape index (κ1) is 9.22. The Balaban J connectivity index is 3.04. The predicted molar refractivity (Wildman–Crippen MR) is 51.1 cm³/mol. The molecule has 0 saturated heterocycles. The number of carbonyl (C=O) groups excluding carboxylic acids is 1. The van der Waals surface area contributed by atoms with Crippen molar-refractivity contribution in [3.8, 4) is 0 Å². The zero-order valence-electron chi connectivity index (χ0n) is 5.56. The standard InChI is InChI=1S/C6H4Br2O2S/c1-10-6(9)3-2-11-5(8)4(3)7/h2H,1H3. The maximum Gasteiger partial charge on any atom is 0.339 e. The first-order valence-corrected chi connectivity index (χ1v) is 5.14. The van der Waals surface area contributed by atoms with Crippen molar-refractivity contribution in [1.29, 1.82) is 0 Å². The van der Waals surface area contributed by atoms with Gasteiger partial charge in [0.2, 0.25) is 0 Å². The smallest absolute Gasteiger partial charge is 0.339 e. The van der Waals surface area contributed by atoms with Crippen LogP contribution in [0.4, 0.5) is 0 Å². The first-order chi connectivity index (χ1) is 5.16. The molecule has 1 aromatic heterocycles. The molecule has 5 heteroatoms. The van der Waals surface area contributed by atoms with Gasteiger partial charge < -0.3 is 4.74 Å². The Morgan fingerprint density at radius 1 is 1.64 bits per heavy atom. The van der Waals surface area contributed by atoms with Crippen molar-refractivity contribution in [1.82, 2.24) is 0 Å². The number of methoxy groups -OCH3 is 1. The van der Waals surface area contributed by atoms with Crippen LogP contribution in [0.2, 0.25) is 0 Å². The second-order valence-corrected chi connectivity index (χ2v) is 4.72. The van der Waals surface area contributed by atoms with E-state index in [4.69, 9.17) is 0 Å². The molecule has 0 saturated carbocycles. The van der Waals surface area contributed by atoms with Crippen molar-refractivity contribution >= 4 is 49.2 Å². The summed E-state index contributed by atoms with van der Waals surface area (Å²) in [6.45, 7) is 0. The molecule has 0 spiro atoms. The van der Waals surface area contributed by atoms with E-state index in [0.717, 1.165) is 8.26 Å². The second-order valence-electron chi connectivity index (χ2n) is 1.73. The van der Waals surface area contributed by atoms with Crippen LogP contribution < -0.4 is 0 Å². The molecule has 0 aliphatic carbocycles. The molecule has 60 valence electrons. The summed E-state index contributed by atoms with van der Waals surface area (Å²) < 4.78 is 6.21. The van der Waals surface area contributed by atoms with Gasteiger partial charge in [-0.1, -0.05) is 0 Å². The van der Waals surface area contributed by atoms with Gasteiger partial charge in [0.05, 0.1) is 20.9 Å². The highest BCUT2D eigenvalue weighted by atomic mass is 79.9. The van der Waals surface area contributed by atoms with Gasteiger partial charge in [0.15, 0.2) is 0 Å². The molecule has 1 heterocycles. The summed E-state index contributed by atoms with van der Waals surface area (Å²) in [6, 6.07) is 0. The summed E-state index contributed by atoms with van der Waals surface area (Å²) in [5, 5.41) is 1.74. The van der Waals surface area contributed by atoms with Gasteiger partial charge in [-0.05, 0) is 31.9 Å². The highest BCUT2D eigenvalue weighted by molar-refractivity contribution is 9.13. The van der Waals surface area contributed by atoms with E-state index in [0.29, 0.717) is 5.56 Å². The van der Waals surface area contributed by atoms with E-state index in [-0.39, 0.29) is 5.97 Å². The molecule has 1 rings (SSSR count). The number of carbonyl (C=O) groups is 1. The van der Waals surface area contributed by atoms with E-state index in [9.17, 15) is 4.79 Å². The van der Waals surface area contributed by atoms with E-state index >= 15 is 0 Å². The van der Waals surface area contributed by atoms with Crippen LogP contribution in [-0.2, 0) is 4.74 Å². The largest absolute Gasteiger partial charge is 0.465 e. The summed E-state index contributed by atoms with van der Waals surface area (Å²) in [4.78, 5) is 11.0. The van der Waals surface area contributed by atoms with Crippen molar-refractivity contribution in [3.05, 3.63) is 19.2 Å². The quantitative estimate of drug-likeness (QED) is 0.745. The molecule has 0 aromatic carbocycles. The Morgan fingerprint density at radius 2 is 2.27 bits per heavy atom. The van der Waals surface area contributed by atoms with Gasteiger partial charge in [-0.3, -0.25) is 0 Å². The molecule has 0 amide bonds. The van der Waals surface area contributed by atoms with Crippen LogP contribution in [0, 0.1) is 0 Å². The molecule has 11 heavy (non-hydrogen) atoms. The molecule has 0 radical (unpaired) electrons. The third kappa shape index (κ3) is 1.83. The molecular formula is C6H4Br2O2S. The summed E-state index contributed by atoms with van der Waals surface area (Å²) in [7, 11) is 1.36. The monoisotopic (exact) mass is 298 g/mol. The summed E-state index contributed by atoms with van der Waals surface area (Å²) >= 11 is 7.98. The normalized spacial score (nSPS) is 9.73. The van der Waals surface area contributed by atoms with Gasteiger partial charge in [-0.15, -0.1) is 11.3 Å². The van der Waals surface area contributed by atoms with E-state index < -0.39 is 0 Å². The Bertz CT molecular complexity index is 282. The molecule has 1 aromatic rings. The minimum atomic E-state index is -0.321. The first-order valence-electron chi connectivity index (χ1n) is 2.67. The molecule has 2 nitrogen and oxygen atoms in total. The average Bonchev–Trinajstić information content (AvgIpc) is 2.32. The lowest BCUT2D eigenvalue weighted by atomic mass is 10.3. The maximum atomic E-state index is 11.0. The highest BCUT2D eigenvalue weighted by Crippen LogP contribution is 2.33. The van der Waals surface area contributed by atoms with Crippen molar-refractivity contribution < 1.29 is 9.53 Å². The number of ether oxygens (including phenoxy) is 1. The third-order valence-electron chi connectivity index (χ3n) is 1.09. The van der Waals surface area contributed by atoms with Crippen LogP contribution in [0.5, 0.6) is 0 Å². The average molecular weight is 300 g/mol.